The molecule has 17 heavy (non-hydrogen) atoms. The second-order valence-electron chi connectivity index (χ2n) is 3.26. The third-order valence-electron chi connectivity index (χ3n) is 2.12. The van der Waals surface area contributed by atoms with Crippen molar-refractivity contribution in [2.75, 3.05) is 0 Å². The fourth-order valence-corrected chi connectivity index (χ4v) is 1.80. The van der Waals surface area contributed by atoms with Gasteiger partial charge in [0, 0.05) is 11.8 Å². The SMILES string of the molecule is O=C(O)c1cc(F)cc(-c2cncnc2Br)c1. The molecule has 0 radical (unpaired) electrons. The number of halogens is 2. The van der Waals surface area contributed by atoms with Gasteiger partial charge in [0.1, 0.15) is 16.7 Å². The molecule has 0 unspecified atom stereocenters. The summed E-state index contributed by atoms with van der Waals surface area (Å²) in [6.07, 6.45) is 2.82. The molecule has 0 spiro atoms. The first-order valence-electron chi connectivity index (χ1n) is 4.57. The molecule has 0 amide bonds. The minimum atomic E-state index is -1.18. The molecule has 2 aromatic rings. The van der Waals surface area contributed by atoms with Gasteiger partial charge in [-0.2, -0.15) is 0 Å². The Labute approximate surface area is 104 Å². The Morgan fingerprint density at radius 3 is 2.76 bits per heavy atom. The molecule has 1 aromatic carbocycles. The average molecular weight is 297 g/mol. The van der Waals surface area contributed by atoms with Crippen LogP contribution in [0.25, 0.3) is 11.1 Å². The van der Waals surface area contributed by atoms with E-state index in [1.165, 1.54) is 24.7 Å². The first kappa shape index (κ1) is 11.7. The number of hydrogen-bond donors (Lipinski definition) is 1. The zero-order chi connectivity index (χ0) is 12.4. The summed E-state index contributed by atoms with van der Waals surface area (Å²) in [5.41, 5.74) is 0.833. The van der Waals surface area contributed by atoms with E-state index in [1.54, 1.807) is 0 Å². The van der Waals surface area contributed by atoms with Gasteiger partial charge < -0.3 is 5.11 Å². The van der Waals surface area contributed by atoms with E-state index in [2.05, 4.69) is 25.9 Å². The average Bonchev–Trinajstić information content (AvgIpc) is 2.28. The molecule has 0 aliphatic heterocycles. The molecule has 6 heteroatoms. The van der Waals surface area contributed by atoms with Crippen molar-refractivity contribution in [3.05, 3.63) is 46.7 Å². The largest absolute Gasteiger partial charge is 0.478 e. The topological polar surface area (TPSA) is 63.1 Å². The minimum absolute atomic E-state index is 0.115. The van der Waals surface area contributed by atoms with Crippen LogP contribution in [0.15, 0.2) is 35.3 Å². The summed E-state index contributed by atoms with van der Waals surface area (Å²) in [5.74, 6) is -1.80. The molecule has 1 aromatic heterocycles. The van der Waals surface area contributed by atoms with Crippen LogP contribution in [-0.4, -0.2) is 21.0 Å². The Balaban J connectivity index is 2.60. The zero-order valence-corrected chi connectivity index (χ0v) is 9.98. The highest BCUT2D eigenvalue weighted by molar-refractivity contribution is 9.10. The van der Waals surface area contributed by atoms with E-state index in [-0.39, 0.29) is 5.56 Å². The van der Waals surface area contributed by atoms with Crippen LogP contribution in [0.3, 0.4) is 0 Å². The van der Waals surface area contributed by atoms with Gasteiger partial charge in [-0.1, -0.05) is 0 Å². The van der Waals surface area contributed by atoms with E-state index >= 15 is 0 Å². The van der Waals surface area contributed by atoms with Gasteiger partial charge in [0.05, 0.1) is 5.56 Å². The van der Waals surface area contributed by atoms with Crippen molar-refractivity contribution in [3.8, 4) is 11.1 Å². The van der Waals surface area contributed by atoms with E-state index in [4.69, 9.17) is 5.11 Å². The number of benzene rings is 1. The van der Waals surface area contributed by atoms with Crippen molar-refractivity contribution < 1.29 is 14.3 Å². The van der Waals surface area contributed by atoms with E-state index in [9.17, 15) is 9.18 Å². The third-order valence-corrected chi connectivity index (χ3v) is 2.75. The van der Waals surface area contributed by atoms with Gasteiger partial charge in [-0.25, -0.2) is 19.2 Å². The van der Waals surface area contributed by atoms with E-state index in [0.29, 0.717) is 15.7 Å². The normalized spacial score (nSPS) is 10.2. The lowest BCUT2D eigenvalue weighted by molar-refractivity contribution is 0.0696. The number of rotatable bonds is 2. The molecule has 0 saturated heterocycles. The lowest BCUT2D eigenvalue weighted by Gasteiger charge is -2.04. The Kier molecular flexibility index (Phi) is 3.14. The minimum Gasteiger partial charge on any atom is -0.478 e. The number of carboxylic acids is 1. The van der Waals surface area contributed by atoms with E-state index in [1.807, 2.05) is 0 Å². The molecule has 1 N–H and O–H groups in total. The summed E-state index contributed by atoms with van der Waals surface area (Å²) in [4.78, 5) is 18.5. The first-order chi connectivity index (χ1) is 8.08. The summed E-state index contributed by atoms with van der Waals surface area (Å²) in [7, 11) is 0. The monoisotopic (exact) mass is 296 g/mol. The van der Waals surface area contributed by atoms with Gasteiger partial charge in [-0.15, -0.1) is 0 Å². The highest BCUT2D eigenvalue weighted by atomic mass is 79.9. The van der Waals surface area contributed by atoms with Gasteiger partial charge in [0.15, 0.2) is 0 Å². The van der Waals surface area contributed by atoms with Crippen molar-refractivity contribution in [1.82, 2.24) is 9.97 Å². The fraction of sp³-hybridized carbons (Fsp3) is 0. The number of carboxylic acid groups (broad SMARTS) is 1. The van der Waals surface area contributed by atoms with Crippen molar-refractivity contribution in [1.29, 1.82) is 0 Å². The maximum absolute atomic E-state index is 13.3. The van der Waals surface area contributed by atoms with Crippen LogP contribution in [0.4, 0.5) is 4.39 Å². The van der Waals surface area contributed by atoms with E-state index in [0.717, 1.165) is 6.07 Å². The van der Waals surface area contributed by atoms with Crippen LogP contribution in [0.2, 0.25) is 0 Å². The maximum atomic E-state index is 13.3. The van der Waals surface area contributed by atoms with Crippen molar-refractivity contribution in [2.24, 2.45) is 0 Å². The van der Waals surface area contributed by atoms with Crippen LogP contribution in [0.5, 0.6) is 0 Å². The fourth-order valence-electron chi connectivity index (χ4n) is 1.38. The van der Waals surface area contributed by atoms with Gasteiger partial charge in [-0.05, 0) is 39.7 Å². The molecule has 1 heterocycles. The lowest BCUT2D eigenvalue weighted by Crippen LogP contribution is -1.98. The zero-order valence-electron chi connectivity index (χ0n) is 8.39. The van der Waals surface area contributed by atoms with Crippen LogP contribution in [0, 0.1) is 5.82 Å². The third kappa shape index (κ3) is 2.47. The second kappa shape index (κ2) is 4.58. The summed E-state index contributed by atoms with van der Waals surface area (Å²) in [6.45, 7) is 0. The number of nitrogens with zero attached hydrogens (tertiary/aromatic N) is 2. The van der Waals surface area contributed by atoms with Crippen LogP contribution in [0.1, 0.15) is 10.4 Å². The molecule has 0 aliphatic rings. The molecule has 2 rings (SSSR count). The highest BCUT2D eigenvalue weighted by Gasteiger charge is 2.10. The van der Waals surface area contributed by atoms with E-state index < -0.39 is 11.8 Å². The number of hydrogen-bond acceptors (Lipinski definition) is 3. The van der Waals surface area contributed by atoms with Crippen LogP contribution in [-0.2, 0) is 0 Å². The van der Waals surface area contributed by atoms with Crippen molar-refractivity contribution in [3.63, 3.8) is 0 Å². The summed E-state index contributed by atoms with van der Waals surface area (Å²) >= 11 is 3.20. The van der Waals surface area contributed by atoms with Crippen molar-refractivity contribution >= 4 is 21.9 Å². The van der Waals surface area contributed by atoms with Gasteiger partial charge >= 0.3 is 5.97 Å². The molecule has 0 aliphatic carbocycles. The molecule has 4 nitrogen and oxygen atoms in total. The predicted octanol–water partition coefficient (Wildman–Crippen LogP) is 2.74. The number of aromatic nitrogens is 2. The first-order valence-corrected chi connectivity index (χ1v) is 5.37. The molecular weight excluding hydrogens is 291 g/mol. The molecule has 0 atom stereocenters. The Morgan fingerprint density at radius 2 is 2.12 bits per heavy atom. The summed E-state index contributed by atoms with van der Waals surface area (Å²) in [5, 5.41) is 8.84. The predicted molar refractivity (Wildman–Crippen MR) is 62.1 cm³/mol. The van der Waals surface area contributed by atoms with Gasteiger partial charge in [0.25, 0.3) is 0 Å². The van der Waals surface area contributed by atoms with Crippen LogP contribution < -0.4 is 0 Å². The Hall–Kier alpha value is -1.82. The van der Waals surface area contributed by atoms with Gasteiger partial charge in [0.2, 0.25) is 0 Å². The highest BCUT2D eigenvalue weighted by Crippen LogP contribution is 2.26. The second-order valence-corrected chi connectivity index (χ2v) is 4.01. The molecule has 0 bridgehead atoms. The molecular formula is C11H6BrFN2O2. The molecule has 0 fully saturated rings. The quantitative estimate of drug-likeness (QED) is 0.866. The van der Waals surface area contributed by atoms with Crippen molar-refractivity contribution in [2.45, 2.75) is 0 Å². The standard InChI is InChI=1S/C11H6BrFN2O2/c12-10-9(4-14-5-15-10)6-1-7(11(16)17)3-8(13)2-6/h1-5H,(H,16,17). The van der Waals surface area contributed by atoms with Gasteiger partial charge in [-0.3, -0.25) is 0 Å². The smallest absolute Gasteiger partial charge is 0.335 e. The van der Waals surface area contributed by atoms with Crippen LogP contribution >= 0.6 is 15.9 Å². The lowest BCUT2D eigenvalue weighted by atomic mass is 10.1. The maximum Gasteiger partial charge on any atom is 0.335 e. The number of aromatic carboxylic acids is 1. The summed E-state index contributed by atoms with van der Waals surface area (Å²) < 4.78 is 13.8. The number of carbonyl (C=O) groups is 1. The molecule has 0 saturated carbocycles. The Bertz CT molecular complexity index is 589. The Morgan fingerprint density at radius 1 is 1.35 bits per heavy atom. The molecule has 86 valence electrons. The summed E-state index contributed by atoms with van der Waals surface area (Å²) in [6, 6.07) is 3.56.